The summed E-state index contributed by atoms with van der Waals surface area (Å²) in [5.41, 5.74) is 0. The second kappa shape index (κ2) is 4.92. The summed E-state index contributed by atoms with van der Waals surface area (Å²) in [7, 11) is -1.49. The summed E-state index contributed by atoms with van der Waals surface area (Å²) in [4.78, 5) is 4.08. The fourth-order valence-electron chi connectivity index (χ4n) is 1.56. The van der Waals surface area contributed by atoms with E-state index >= 15 is 0 Å². The number of hydrogen-bond donors (Lipinski definition) is 1. The van der Waals surface area contributed by atoms with Gasteiger partial charge in [-0.1, -0.05) is 13.8 Å². The summed E-state index contributed by atoms with van der Waals surface area (Å²) >= 11 is 0. The Morgan fingerprint density at radius 1 is 1.50 bits per heavy atom. The molecule has 0 amide bonds. The predicted octanol–water partition coefficient (Wildman–Crippen LogP) is 0.451. The van der Waals surface area contributed by atoms with Gasteiger partial charge in [0.2, 0.25) is 10.0 Å². The van der Waals surface area contributed by atoms with Crippen LogP contribution in [0.25, 0.3) is 0 Å². The molecule has 0 bridgehead atoms. The Morgan fingerprint density at radius 3 is 2.50 bits per heavy atom. The van der Waals surface area contributed by atoms with Crippen LogP contribution in [0.3, 0.4) is 0 Å². The molecule has 0 aliphatic carbocycles. The normalized spacial score (nSPS) is 14.3. The minimum absolute atomic E-state index is 0.317. The van der Waals surface area contributed by atoms with Gasteiger partial charge >= 0.3 is 0 Å². The lowest BCUT2D eigenvalue weighted by Crippen LogP contribution is -2.30. The fraction of sp³-hybridized carbons (Fsp3) is 0.778. The second-order valence-corrected chi connectivity index (χ2v) is 6.09. The van der Waals surface area contributed by atoms with E-state index in [0.29, 0.717) is 18.2 Å². The molecule has 0 aromatic carbocycles. The SMILES string of the molecule is CC(C)C[C@@H](NS(C)(=O)=O)c1ncnn1C. The molecule has 0 fully saturated rings. The molecule has 1 heterocycles. The molecule has 1 aromatic rings. The molecule has 0 spiro atoms. The molecule has 1 atom stereocenters. The van der Waals surface area contributed by atoms with Crippen LogP contribution in [0.5, 0.6) is 0 Å². The minimum Gasteiger partial charge on any atom is -0.252 e. The van der Waals surface area contributed by atoms with Crippen molar-refractivity contribution in [3.05, 3.63) is 12.2 Å². The predicted molar refractivity (Wildman–Crippen MR) is 61.2 cm³/mol. The summed E-state index contributed by atoms with van der Waals surface area (Å²) in [6.07, 6.45) is 3.27. The van der Waals surface area contributed by atoms with Crippen LogP contribution in [0.4, 0.5) is 0 Å². The molecular formula is C9H18N4O2S. The molecule has 0 saturated heterocycles. The zero-order valence-corrected chi connectivity index (χ0v) is 10.8. The maximum Gasteiger partial charge on any atom is 0.209 e. The maximum atomic E-state index is 11.3. The van der Waals surface area contributed by atoms with Crippen LogP contribution in [0.15, 0.2) is 6.33 Å². The first kappa shape index (κ1) is 13.1. The van der Waals surface area contributed by atoms with Crippen LogP contribution < -0.4 is 4.72 Å². The quantitative estimate of drug-likeness (QED) is 0.818. The second-order valence-electron chi connectivity index (χ2n) is 4.31. The lowest BCUT2D eigenvalue weighted by Gasteiger charge is -2.18. The van der Waals surface area contributed by atoms with E-state index in [0.717, 1.165) is 6.26 Å². The van der Waals surface area contributed by atoms with Gasteiger partial charge in [0.1, 0.15) is 12.2 Å². The van der Waals surface area contributed by atoms with Crippen LogP contribution in [0.1, 0.15) is 32.1 Å². The molecule has 1 N–H and O–H groups in total. The van der Waals surface area contributed by atoms with E-state index in [4.69, 9.17) is 0 Å². The van der Waals surface area contributed by atoms with Crippen molar-refractivity contribution in [3.63, 3.8) is 0 Å². The van der Waals surface area contributed by atoms with Crippen molar-refractivity contribution in [1.29, 1.82) is 0 Å². The Kier molecular flexibility index (Phi) is 4.03. The van der Waals surface area contributed by atoms with Crippen molar-refractivity contribution in [2.24, 2.45) is 13.0 Å². The van der Waals surface area contributed by atoms with E-state index < -0.39 is 10.0 Å². The number of aromatic nitrogens is 3. The third-order valence-electron chi connectivity index (χ3n) is 2.12. The summed E-state index contributed by atoms with van der Waals surface area (Å²) in [6.45, 7) is 4.07. The summed E-state index contributed by atoms with van der Waals surface area (Å²) < 4.78 is 26.7. The molecule has 92 valence electrons. The number of nitrogens with zero attached hydrogens (tertiary/aromatic N) is 3. The van der Waals surface area contributed by atoms with Gasteiger partial charge in [-0.3, -0.25) is 4.68 Å². The Morgan fingerprint density at radius 2 is 2.12 bits per heavy atom. The Labute approximate surface area is 96.1 Å². The molecular weight excluding hydrogens is 228 g/mol. The largest absolute Gasteiger partial charge is 0.252 e. The van der Waals surface area contributed by atoms with Gasteiger partial charge in [0, 0.05) is 7.05 Å². The highest BCUT2D eigenvalue weighted by Gasteiger charge is 2.21. The van der Waals surface area contributed by atoms with E-state index in [1.807, 2.05) is 13.8 Å². The first-order chi connectivity index (χ1) is 7.29. The molecule has 16 heavy (non-hydrogen) atoms. The highest BCUT2D eigenvalue weighted by molar-refractivity contribution is 7.88. The molecule has 7 heteroatoms. The maximum absolute atomic E-state index is 11.3. The lowest BCUT2D eigenvalue weighted by molar-refractivity contribution is 0.444. The molecule has 0 unspecified atom stereocenters. The van der Waals surface area contributed by atoms with Crippen molar-refractivity contribution in [1.82, 2.24) is 19.5 Å². The van der Waals surface area contributed by atoms with Gasteiger partial charge in [-0.2, -0.15) is 5.10 Å². The number of sulfonamides is 1. The average molecular weight is 246 g/mol. The van der Waals surface area contributed by atoms with Crippen molar-refractivity contribution in [2.75, 3.05) is 6.26 Å². The van der Waals surface area contributed by atoms with Gasteiger partial charge in [0.25, 0.3) is 0 Å². The Bertz CT molecular complexity index is 438. The van der Waals surface area contributed by atoms with E-state index in [-0.39, 0.29) is 6.04 Å². The Hall–Kier alpha value is -0.950. The smallest absolute Gasteiger partial charge is 0.209 e. The number of nitrogens with one attached hydrogen (secondary N) is 1. The molecule has 0 aliphatic rings. The third-order valence-corrected chi connectivity index (χ3v) is 2.83. The molecule has 6 nitrogen and oxygen atoms in total. The molecule has 0 saturated carbocycles. The van der Waals surface area contributed by atoms with Crippen molar-refractivity contribution in [2.45, 2.75) is 26.3 Å². The van der Waals surface area contributed by atoms with Gasteiger partial charge in [-0.15, -0.1) is 0 Å². The summed E-state index contributed by atoms with van der Waals surface area (Å²) in [5, 5.41) is 3.95. The molecule has 1 aromatic heterocycles. The van der Waals surface area contributed by atoms with E-state index in [9.17, 15) is 8.42 Å². The van der Waals surface area contributed by atoms with Gasteiger partial charge in [0.15, 0.2) is 0 Å². The van der Waals surface area contributed by atoms with Crippen molar-refractivity contribution < 1.29 is 8.42 Å². The lowest BCUT2D eigenvalue weighted by atomic mass is 10.0. The zero-order chi connectivity index (χ0) is 12.3. The van der Waals surface area contributed by atoms with Crippen molar-refractivity contribution in [3.8, 4) is 0 Å². The van der Waals surface area contributed by atoms with Crippen LogP contribution >= 0.6 is 0 Å². The number of rotatable bonds is 5. The van der Waals surface area contributed by atoms with Crippen LogP contribution in [0, 0.1) is 5.92 Å². The monoisotopic (exact) mass is 246 g/mol. The highest BCUT2D eigenvalue weighted by atomic mass is 32.2. The zero-order valence-electron chi connectivity index (χ0n) is 10.0. The third kappa shape index (κ3) is 3.90. The molecule has 0 radical (unpaired) electrons. The minimum atomic E-state index is -3.24. The van der Waals surface area contributed by atoms with Crippen LogP contribution in [-0.4, -0.2) is 29.4 Å². The first-order valence-electron chi connectivity index (χ1n) is 5.11. The fourth-order valence-corrected chi connectivity index (χ4v) is 2.28. The molecule has 1 rings (SSSR count). The molecule has 0 aliphatic heterocycles. The number of aryl methyl sites for hydroxylation is 1. The topological polar surface area (TPSA) is 76.9 Å². The standard InChI is InChI=1S/C9H18N4O2S/c1-7(2)5-8(12-16(4,14)15)9-10-6-11-13(9)3/h6-8,12H,5H2,1-4H3/t8-/m1/s1. The van der Waals surface area contributed by atoms with Gasteiger partial charge in [-0.25, -0.2) is 18.1 Å². The van der Waals surface area contributed by atoms with Gasteiger partial charge < -0.3 is 0 Å². The first-order valence-corrected chi connectivity index (χ1v) is 7.00. The summed E-state index contributed by atoms with van der Waals surface area (Å²) in [5.74, 6) is 1.01. The van der Waals surface area contributed by atoms with Gasteiger partial charge in [-0.05, 0) is 12.3 Å². The van der Waals surface area contributed by atoms with Crippen LogP contribution in [0.2, 0.25) is 0 Å². The number of hydrogen-bond acceptors (Lipinski definition) is 4. The summed E-state index contributed by atoms with van der Waals surface area (Å²) in [6, 6.07) is -0.317. The van der Waals surface area contributed by atoms with E-state index in [1.165, 1.54) is 6.33 Å². The van der Waals surface area contributed by atoms with Crippen molar-refractivity contribution >= 4 is 10.0 Å². The van der Waals surface area contributed by atoms with E-state index in [1.54, 1.807) is 11.7 Å². The average Bonchev–Trinajstić information content (AvgIpc) is 2.46. The van der Waals surface area contributed by atoms with Crippen LogP contribution in [-0.2, 0) is 17.1 Å². The van der Waals surface area contributed by atoms with Gasteiger partial charge in [0.05, 0.1) is 12.3 Å². The highest BCUT2D eigenvalue weighted by Crippen LogP contribution is 2.19. The van der Waals surface area contributed by atoms with E-state index in [2.05, 4.69) is 14.8 Å². The Balaban J connectivity index is 2.92.